The standard InChI is InChI=1S/C19H27N3O5/c1-12-10-20-5-6-21(12)19(24)13-7-17(23)22(11-13)14-8-15(25-2)18(27-4)16(9-14)26-3/h8-9,12-13,20H,5-7,10-11H2,1-4H3. The Morgan fingerprint density at radius 3 is 2.37 bits per heavy atom. The summed E-state index contributed by atoms with van der Waals surface area (Å²) in [6.07, 6.45) is 0.214. The van der Waals surface area contributed by atoms with E-state index in [0.717, 1.165) is 13.1 Å². The van der Waals surface area contributed by atoms with Crippen molar-refractivity contribution >= 4 is 17.5 Å². The van der Waals surface area contributed by atoms with Crippen LogP contribution in [0, 0.1) is 5.92 Å². The van der Waals surface area contributed by atoms with Crippen molar-refractivity contribution in [3.63, 3.8) is 0 Å². The number of benzene rings is 1. The van der Waals surface area contributed by atoms with Crippen LogP contribution in [0.4, 0.5) is 5.69 Å². The third-order valence-corrected chi connectivity index (χ3v) is 5.22. The summed E-state index contributed by atoms with van der Waals surface area (Å²) < 4.78 is 16.1. The van der Waals surface area contributed by atoms with Gasteiger partial charge in [-0.05, 0) is 6.92 Å². The molecule has 8 nitrogen and oxygen atoms in total. The molecule has 2 saturated heterocycles. The van der Waals surface area contributed by atoms with Gasteiger partial charge in [-0.3, -0.25) is 9.59 Å². The van der Waals surface area contributed by atoms with E-state index in [-0.39, 0.29) is 30.2 Å². The molecular weight excluding hydrogens is 350 g/mol. The lowest BCUT2D eigenvalue weighted by molar-refractivity contribution is -0.138. The summed E-state index contributed by atoms with van der Waals surface area (Å²) in [5.41, 5.74) is 0.637. The fraction of sp³-hybridized carbons (Fsp3) is 0.579. The first-order valence-electron chi connectivity index (χ1n) is 9.11. The summed E-state index contributed by atoms with van der Waals surface area (Å²) in [4.78, 5) is 29.1. The lowest BCUT2D eigenvalue weighted by Crippen LogP contribution is -2.54. The summed E-state index contributed by atoms with van der Waals surface area (Å²) in [6.45, 7) is 4.62. The van der Waals surface area contributed by atoms with Crippen LogP contribution in [0.15, 0.2) is 12.1 Å². The van der Waals surface area contributed by atoms with Crippen molar-refractivity contribution in [3.05, 3.63) is 12.1 Å². The number of carbonyl (C=O) groups excluding carboxylic acids is 2. The SMILES string of the molecule is COc1cc(N2CC(C(=O)N3CCNCC3C)CC2=O)cc(OC)c1OC. The van der Waals surface area contributed by atoms with Crippen LogP contribution in [0.25, 0.3) is 0 Å². The highest BCUT2D eigenvalue weighted by Gasteiger charge is 2.39. The Hall–Kier alpha value is -2.48. The molecule has 2 aliphatic heterocycles. The number of methoxy groups -OCH3 is 3. The molecule has 0 bridgehead atoms. The molecule has 2 unspecified atom stereocenters. The second-order valence-electron chi connectivity index (χ2n) is 6.87. The Labute approximate surface area is 159 Å². The van der Waals surface area contributed by atoms with E-state index < -0.39 is 0 Å². The molecule has 148 valence electrons. The van der Waals surface area contributed by atoms with Crippen molar-refractivity contribution < 1.29 is 23.8 Å². The predicted octanol–water partition coefficient (Wildman–Crippen LogP) is 0.886. The zero-order valence-electron chi connectivity index (χ0n) is 16.3. The normalized spacial score (nSPS) is 22.7. The molecule has 0 spiro atoms. The van der Waals surface area contributed by atoms with Crippen LogP contribution in [0.5, 0.6) is 17.2 Å². The summed E-state index contributed by atoms with van der Waals surface area (Å²) >= 11 is 0. The number of rotatable bonds is 5. The first-order valence-corrected chi connectivity index (χ1v) is 9.11. The average Bonchev–Trinajstić information content (AvgIpc) is 3.08. The molecule has 0 aliphatic carbocycles. The molecule has 0 aromatic heterocycles. The molecule has 1 aromatic rings. The topological polar surface area (TPSA) is 80.3 Å². The minimum atomic E-state index is -0.336. The van der Waals surface area contributed by atoms with E-state index >= 15 is 0 Å². The molecule has 1 aromatic carbocycles. The number of carbonyl (C=O) groups is 2. The zero-order chi connectivity index (χ0) is 19.6. The second kappa shape index (κ2) is 8.04. The molecule has 2 atom stereocenters. The third-order valence-electron chi connectivity index (χ3n) is 5.22. The number of hydrogen-bond acceptors (Lipinski definition) is 6. The van der Waals surface area contributed by atoms with E-state index in [9.17, 15) is 9.59 Å². The molecule has 1 N–H and O–H groups in total. The van der Waals surface area contributed by atoms with Crippen LogP contribution in [-0.4, -0.2) is 70.3 Å². The van der Waals surface area contributed by atoms with Gasteiger partial charge in [0.25, 0.3) is 0 Å². The zero-order valence-corrected chi connectivity index (χ0v) is 16.3. The van der Waals surface area contributed by atoms with Gasteiger partial charge in [0.1, 0.15) is 0 Å². The van der Waals surface area contributed by atoms with Crippen molar-refractivity contribution in [2.45, 2.75) is 19.4 Å². The Bertz CT molecular complexity index is 698. The highest BCUT2D eigenvalue weighted by Crippen LogP contribution is 2.42. The second-order valence-corrected chi connectivity index (χ2v) is 6.87. The van der Waals surface area contributed by atoms with Crippen molar-refractivity contribution in [3.8, 4) is 17.2 Å². The number of amides is 2. The monoisotopic (exact) mass is 377 g/mol. The van der Waals surface area contributed by atoms with Crippen molar-refractivity contribution in [2.24, 2.45) is 5.92 Å². The van der Waals surface area contributed by atoms with Gasteiger partial charge in [0.15, 0.2) is 11.5 Å². The minimum absolute atomic E-state index is 0.0484. The largest absolute Gasteiger partial charge is 0.493 e. The van der Waals surface area contributed by atoms with Crippen LogP contribution in [0.3, 0.4) is 0 Å². The highest BCUT2D eigenvalue weighted by molar-refractivity contribution is 6.00. The first kappa shape index (κ1) is 19.3. The maximum atomic E-state index is 12.9. The summed E-state index contributed by atoms with van der Waals surface area (Å²) in [5.74, 6) is 1.06. The first-order chi connectivity index (χ1) is 13.0. The van der Waals surface area contributed by atoms with Gasteiger partial charge < -0.3 is 29.3 Å². The fourth-order valence-electron chi connectivity index (χ4n) is 3.75. The van der Waals surface area contributed by atoms with Gasteiger partial charge in [-0.1, -0.05) is 0 Å². The van der Waals surface area contributed by atoms with Gasteiger partial charge in [-0.25, -0.2) is 0 Å². The van der Waals surface area contributed by atoms with E-state index in [2.05, 4.69) is 5.32 Å². The van der Waals surface area contributed by atoms with Crippen LogP contribution < -0.4 is 24.4 Å². The van der Waals surface area contributed by atoms with E-state index in [1.807, 2.05) is 11.8 Å². The van der Waals surface area contributed by atoms with Gasteiger partial charge in [0, 0.05) is 50.8 Å². The summed E-state index contributed by atoms with van der Waals surface area (Å²) in [5, 5.41) is 3.28. The molecule has 0 radical (unpaired) electrons. The Morgan fingerprint density at radius 1 is 1.15 bits per heavy atom. The molecule has 3 rings (SSSR count). The number of nitrogens with one attached hydrogen (secondary N) is 1. The van der Waals surface area contributed by atoms with Crippen molar-refractivity contribution in [2.75, 3.05) is 52.4 Å². The van der Waals surface area contributed by atoms with E-state index in [0.29, 0.717) is 36.0 Å². The van der Waals surface area contributed by atoms with Crippen molar-refractivity contribution in [1.82, 2.24) is 10.2 Å². The molecule has 2 fully saturated rings. The predicted molar refractivity (Wildman–Crippen MR) is 101 cm³/mol. The number of nitrogens with zero attached hydrogens (tertiary/aromatic N) is 2. The Kier molecular flexibility index (Phi) is 5.74. The number of anilines is 1. The smallest absolute Gasteiger partial charge is 0.228 e. The summed E-state index contributed by atoms with van der Waals surface area (Å²) in [6, 6.07) is 3.61. The number of ether oxygens (including phenoxy) is 3. The van der Waals surface area contributed by atoms with E-state index in [4.69, 9.17) is 14.2 Å². The quantitative estimate of drug-likeness (QED) is 0.821. The molecule has 8 heteroatoms. The lowest BCUT2D eigenvalue weighted by atomic mass is 10.1. The number of piperazine rings is 1. The molecule has 2 heterocycles. The molecule has 27 heavy (non-hydrogen) atoms. The Balaban J connectivity index is 1.82. The number of hydrogen-bond donors (Lipinski definition) is 1. The van der Waals surface area contributed by atoms with Crippen molar-refractivity contribution in [1.29, 1.82) is 0 Å². The molecule has 2 amide bonds. The fourth-order valence-corrected chi connectivity index (χ4v) is 3.75. The van der Waals surface area contributed by atoms with Gasteiger partial charge in [0.2, 0.25) is 17.6 Å². The Morgan fingerprint density at radius 2 is 1.81 bits per heavy atom. The lowest BCUT2D eigenvalue weighted by Gasteiger charge is -2.35. The van der Waals surface area contributed by atoms with Crippen LogP contribution >= 0.6 is 0 Å². The van der Waals surface area contributed by atoms with Gasteiger partial charge in [0.05, 0.1) is 32.9 Å². The van der Waals surface area contributed by atoms with Crippen LogP contribution in [0.2, 0.25) is 0 Å². The average molecular weight is 377 g/mol. The minimum Gasteiger partial charge on any atom is -0.493 e. The van der Waals surface area contributed by atoms with Gasteiger partial charge in [-0.15, -0.1) is 0 Å². The van der Waals surface area contributed by atoms with Gasteiger partial charge >= 0.3 is 0 Å². The van der Waals surface area contributed by atoms with E-state index in [1.54, 1.807) is 17.0 Å². The van der Waals surface area contributed by atoms with Crippen LogP contribution in [-0.2, 0) is 9.59 Å². The van der Waals surface area contributed by atoms with Gasteiger partial charge in [-0.2, -0.15) is 0 Å². The summed E-state index contributed by atoms with van der Waals surface area (Å²) in [7, 11) is 4.60. The van der Waals surface area contributed by atoms with E-state index in [1.165, 1.54) is 21.3 Å². The van der Waals surface area contributed by atoms with Crippen LogP contribution in [0.1, 0.15) is 13.3 Å². The molecule has 0 saturated carbocycles. The maximum Gasteiger partial charge on any atom is 0.228 e. The molecular formula is C19H27N3O5. The molecule has 2 aliphatic rings. The third kappa shape index (κ3) is 3.66. The highest BCUT2D eigenvalue weighted by atomic mass is 16.5. The maximum absolute atomic E-state index is 12.9.